The highest BCUT2D eigenvalue weighted by molar-refractivity contribution is 5.77. The minimum Gasteiger partial charge on any atom is -0.496 e. The molecule has 0 aliphatic carbocycles. The summed E-state index contributed by atoms with van der Waals surface area (Å²) in [7, 11) is 5.19. The SMILES string of the molecule is CCN(CC(=O)N(C)C)Cc1ccc(CN)c(OC)c1. The number of benzene rings is 1. The van der Waals surface area contributed by atoms with E-state index in [1.54, 1.807) is 26.1 Å². The van der Waals surface area contributed by atoms with Gasteiger partial charge in [0.2, 0.25) is 5.91 Å². The van der Waals surface area contributed by atoms with Crippen LogP contribution in [0.5, 0.6) is 5.75 Å². The highest BCUT2D eigenvalue weighted by Crippen LogP contribution is 2.20. The monoisotopic (exact) mass is 279 g/mol. The zero-order chi connectivity index (χ0) is 15.1. The van der Waals surface area contributed by atoms with Crippen LogP contribution in [0.1, 0.15) is 18.1 Å². The number of carbonyl (C=O) groups is 1. The first kappa shape index (κ1) is 16.5. The van der Waals surface area contributed by atoms with Gasteiger partial charge in [-0.1, -0.05) is 19.1 Å². The van der Waals surface area contributed by atoms with E-state index < -0.39 is 0 Å². The Labute approximate surface area is 121 Å². The van der Waals surface area contributed by atoms with Crippen LogP contribution < -0.4 is 10.5 Å². The predicted molar refractivity (Wildman–Crippen MR) is 80.5 cm³/mol. The molecule has 5 nitrogen and oxygen atoms in total. The van der Waals surface area contributed by atoms with Gasteiger partial charge in [0.1, 0.15) is 5.75 Å². The van der Waals surface area contributed by atoms with Crippen LogP contribution >= 0.6 is 0 Å². The van der Waals surface area contributed by atoms with Crippen molar-refractivity contribution >= 4 is 5.91 Å². The smallest absolute Gasteiger partial charge is 0.236 e. The molecule has 1 amide bonds. The maximum Gasteiger partial charge on any atom is 0.236 e. The first-order valence-electron chi connectivity index (χ1n) is 6.80. The van der Waals surface area contributed by atoms with Gasteiger partial charge in [-0.05, 0) is 18.2 Å². The topological polar surface area (TPSA) is 58.8 Å². The molecule has 20 heavy (non-hydrogen) atoms. The van der Waals surface area contributed by atoms with Gasteiger partial charge in [0.25, 0.3) is 0 Å². The minimum atomic E-state index is 0.109. The van der Waals surface area contributed by atoms with Gasteiger partial charge in [0, 0.05) is 32.7 Å². The lowest BCUT2D eigenvalue weighted by Crippen LogP contribution is -2.36. The summed E-state index contributed by atoms with van der Waals surface area (Å²) < 4.78 is 5.34. The van der Waals surface area contributed by atoms with E-state index in [0.29, 0.717) is 13.1 Å². The molecule has 0 saturated carbocycles. The lowest BCUT2D eigenvalue weighted by Gasteiger charge is -2.22. The van der Waals surface area contributed by atoms with Crippen molar-refractivity contribution in [1.29, 1.82) is 0 Å². The van der Waals surface area contributed by atoms with Crippen LogP contribution in [0, 0.1) is 0 Å². The number of hydrogen-bond donors (Lipinski definition) is 1. The van der Waals surface area contributed by atoms with Gasteiger partial charge in [0.15, 0.2) is 0 Å². The molecule has 0 spiro atoms. The standard InChI is InChI=1S/C15H25N3O2/c1-5-18(11-15(19)17(2)3)10-12-6-7-13(9-16)14(8-12)20-4/h6-8H,5,9-11,16H2,1-4H3. The van der Waals surface area contributed by atoms with Crippen molar-refractivity contribution in [1.82, 2.24) is 9.80 Å². The number of carbonyl (C=O) groups excluding carboxylic acids is 1. The van der Waals surface area contributed by atoms with Crippen LogP contribution in [0.4, 0.5) is 0 Å². The second-order valence-corrected chi connectivity index (χ2v) is 4.94. The van der Waals surface area contributed by atoms with E-state index >= 15 is 0 Å². The summed E-state index contributed by atoms with van der Waals surface area (Å²) in [6.45, 7) is 4.47. The number of hydrogen-bond acceptors (Lipinski definition) is 4. The summed E-state index contributed by atoms with van der Waals surface area (Å²) in [5, 5.41) is 0. The summed E-state index contributed by atoms with van der Waals surface area (Å²) in [6.07, 6.45) is 0. The van der Waals surface area contributed by atoms with E-state index in [9.17, 15) is 4.79 Å². The Morgan fingerprint density at radius 2 is 2.05 bits per heavy atom. The average Bonchev–Trinajstić information content (AvgIpc) is 2.45. The Bertz CT molecular complexity index is 447. The molecule has 0 radical (unpaired) electrons. The van der Waals surface area contributed by atoms with E-state index in [4.69, 9.17) is 10.5 Å². The van der Waals surface area contributed by atoms with E-state index in [0.717, 1.165) is 30.0 Å². The fourth-order valence-corrected chi connectivity index (χ4v) is 1.93. The molecule has 1 aromatic rings. The van der Waals surface area contributed by atoms with Crippen LogP contribution in [-0.4, -0.2) is 50.0 Å². The third kappa shape index (κ3) is 4.51. The van der Waals surface area contributed by atoms with Crippen LogP contribution in [0.15, 0.2) is 18.2 Å². The molecular weight excluding hydrogens is 254 g/mol. The van der Waals surface area contributed by atoms with E-state index in [1.807, 2.05) is 18.2 Å². The van der Waals surface area contributed by atoms with Gasteiger partial charge < -0.3 is 15.4 Å². The third-order valence-corrected chi connectivity index (χ3v) is 3.28. The fraction of sp³-hybridized carbons (Fsp3) is 0.533. The molecule has 1 rings (SSSR count). The summed E-state index contributed by atoms with van der Waals surface area (Å²) in [6, 6.07) is 6.01. The van der Waals surface area contributed by atoms with Crippen molar-refractivity contribution in [3.63, 3.8) is 0 Å². The van der Waals surface area contributed by atoms with Crippen LogP contribution in [0.25, 0.3) is 0 Å². The normalized spacial score (nSPS) is 10.7. The van der Waals surface area contributed by atoms with Crippen molar-refractivity contribution in [3.8, 4) is 5.75 Å². The Morgan fingerprint density at radius 3 is 2.55 bits per heavy atom. The van der Waals surface area contributed by atoms with Crippen molar-refractivity contribution in [2.45, 2.75) is 20.0 Å². The maximum absolute atomic E-state index is 11.8. The maximum atomic E-state index is 11.8. The predicted octanol–water partition coefficient (Wildman–Crippen LogP) is 1.06. The fourth-order valence-electron chi connectivity index (χ4n) is 1.93. The quantitative estimate of drug-likeness (QED) is 0.811. The van der Waals surface area contributed by atoms with Gasteiger partial charge in [0.05, 0.1) is 13.7 Å². The minimum absolute atomic E-state index is 0.109. The molecule has 5 heteroatoms. The lowest BCUT2D eigenvalue weighted by molar-refractivity contribution is -0.130. The van der Waals surface area contributed by atoms with Crippen molar-refractivity contribution in [3.05, 3.63) is 29.3 Å². The Morgan fingerprint density at radius 1 is 1.35 bits per heavy atom. The first-order valence-corrected chi connectivity index (χ1v) is 6.80. The summed E-state index contributed by atoms with van der Waals surface area (Å²) in [4.78, 5) is 15.5. The zero-order valence-corrected chi connectivity index (χ0v) is 12.8. The zero-order valence-electron chi connectivity index (χ0n) is 12.8. The summed E-state index contributed by atoms with van der Waals surface area (Å²) in [5.74, 6) is 0.914. The number of nitrogens with zero attached hydrogens (tertiary/aromatic N) is 2. The number of nitrogens with two attached hydrogens (primary N) is 1. The molecule has 0 aliphatic rings. The average molecular weight is 279 g/mol. The van der Waals surface area contributed by atoms with E-state index in [2.05, 4.69) is 11.8 Å². The van der Waals surface area contributed by atoms with Gasteiger partial charge in [-0.2, -0.15) is 0 Å². The van der Waals surface area contributed by atoms with Gasteiger partial charge in [-0.15, -0.1) is 0 Å². The van der Waals surface area contributed by atoms with Gasteiger partial charge >= 0.3 is 0 Å². The summed E-state index contributed by atoms with van der Waals surface area (Å²) in [5.41, 5.74) is 7.77. The highest BCUT2D eigenvalue weighted by atomic mass is 16.5. The van der Waals surface area contributed by atoms with Crippen molar-refractivity contribution in [2.24, 2.45) is 5.73 Å². The number of amides is 1. The summed E-state index contributed by atoms with van der Waals surface area (Å²) >= 11 is 0. The van der Waals surface area contributed by atoms with Crippen LogP contribution in [0.3, 0.4) is 0 Å². The highest BCUT2D eigenvalue weighted by Gasteiger charge is 2.12. The van der Waals surface area contributed by atoms with Crippen LogP contribution in [0.2, 0.25) is 0 Å². The molecule has 2 N–H and O–H groups in total. The molecule has 1 aromatic carbocycles. The number of ether oxygens (including phenoxy) is 1. The Balaban J connectivity index is 2.77. The van der Waals surface area contributed by atoms with Gasteiger partial charge in [-0.3, -0.25) is 9.69 Å². The molecule has 0 atom stereocenters. The largest absolute Gasteiger partial charge is 0.496 e. The number of likely N-dealkylation sites (N-methyl/N-ethyl adjacent to an activating group) is 2. The third-order valence-electron chi connectivity index (χ3n) is 3.28. The second-order valence-electron chi connectivity index (χ2n) is 4.94. The first-order chi connectivity index (χ1) is 9.51. The lowest BCUT2D eigenvalue weighted by atomic mass is 10.1. The van der Waals surface area contributed by atoms with Gasteiger partial charge in [-0.25, -0.2) is 0 Å². The molecule has 112 valence electrons. The molecule has 0 heterocycles. The van der Waals surface area contributed by atoms with E-state index in [1.165, 1.54) is 0 Å². The molecule has 0 aliphatic heterocycles. The molecule has 0 bridgehead atoms. The van der Waals surface area contributed by atoms with E-state index in [-0.39, 0.29) is 5.91 Å². The second kappa shape index (κ2) is 7.87. The van der Waals surface area contributed by atoms with Crippen molar-refractivity contribution in [2.75, 3.05) is 34.3 Å². The molecular formula is C15H25N3O2. The number of methoxy groups -OCH3 is 1. The molecule has 0 unspecified atom stereocenters. The van der Waals surface area contributed by atoms with Crippen LogP contribution in [-0.2, 0) is 17.9 Å². The molecule has 0 aromatic heterocycles. The molecule has 0 saturated heterocycles. The number of rotatable bonds is 7. The Kier molecular flexibility index (Phi) is 6.48. The molecule has 0 fully saturated rings. The Hall–Kier alpha value is -1.59. The van der Waals surface area contributed by atoms with Crippen molar-refractivity contribution < 1.29 is 9.53 Å².